The molecule has 0 aliphatic carbocycles. The van der Waals surface area contributed by atoms with Crippen molar-refractivity contribution in [1.29, 1.82) is 0 Å². The standard InChI is InChI=1S/C5H14N2O2P.CH4.Y/c1-3-5-7-10(8,9)6-4-2;;/h2-5H2,1H3,(H3,6,7,8,9);1H4;/q-1;;. The first kappa shape index (κ1) is 18.9. The Kier molecular flexibility index (Phi) is 16.2. The van der Waals surface area contributed by atoms with Crippen molar-refractivity contribution >= 4 is 7.67 Å². The van der Waals surface area contributed by atoms with Crippen LogP contribution in [0.3, 0.4) is 0 Å². The summed E-state index contributed by atoms with van der Waals surface area (Å²) in [7, 11) is -3.27. The number of hydrogen-bond acceptors (Lipinski definition) is 1. The maximum Gasteiger partial charge on any atom is 0.335 e. The average molecular weight is 270 g/mol. The SMILES string of the molecule is C.[CH2-]CNP(=O)(O)NCCC.[Y]. The summed E-state index contributed by atoms with van der Waals surface area (Å²) < 4.78 is 10.9. The Morgan fingerprint density at radius 2 is 2.00 bits per heavy atom. The van der Waals surface area contributed by atoms with E-state index in [1.807, 2.05) is 6.92 Å². The fourth-order valence-electron chi connectivity index (χ4n) is 0.471. The van der Waals surface area contributed by atoms with Gasteiger partial charge in [-0.15, -0.1) is 6.54 Å². The first-order valence-electron chi connectivity index (χ1n) is 3.24. The number of hydrogen-bond donors (Lipinski definition) is 3. The quantitative estimate of drug-likeness (QED) is 0.518. The minimum absolute atomic E-state index is 0. The third-order valence-electron chi connectivity index (χ3n) is 0.902. The summed E-state index contributed by atoms with van der Waals surface area (Å²) in [4.78, 5) is 8.94. The van der Waals surface area contributed by atoms with Crippen molar-refractivity contribution < 1.29 is 42.2 Å². The minimum Gasteiger partial charge on any atom is -0.329 e. The van der Waals surface area contributed by atoms with Gasteiger partial charge in [-0.1, -0.05) is 14.4 Å². The first-order valence-corrected chi connectivity index (χ1v) is 4.90. The third kappa shape index (κ3) is 11.2. The molecule has 0 amide bonds. The zero-order valence-electron chi connectivity index (χ0n) is 6.71. The van der Waals surface area contributed by atoms with Crippen LogP contribution in [0.1, 0.15) is 20.8 Å². The van der Waals surface area contributed by atoms with Crippen LogP contribution in [0.15, 0.2) is 0 Å². The van der Waals surface area contributed by atoms with Crippen molar-refractivity contribution in [2.45, 2.75) is 20.8 Å². The molecular weight excluding hydrogens is 252 g/mol. The average Bonchev–Trinajstić information content (AvgIpc) is 1.84. The molecule has 3 N–H and O–H groups in total. The van der Waals surface area contributed by atoms with Gasteiger partial charge in [-0.25, -0.2) is 5.09 Å². The Morgan fingerprint density at radius 3 is 2.33 bits per heavy atom. The monoisotopic (exact) mass is 270 g/mol. The zero-order chi connectivity index (χ0) is 8.04. The maximum absolute atomic E-state index is 10.9. The van der Waals surface area contributed by atoms with Crippen molar-refractivity contribution in [1.82, 2.24) is 10.2 Å². The Bertz CT molecular complexity index is 135. The van der Waals surface area contributed by atoms with Crippen LogP contribution in [-0.2, 0) is 37.3 Å². The Balaban J connectivity index is -0.000000405. The minimum atomic E-state index is -3.27. The van der Waals surface area contributed by atoms with E-state index in [1.54, 1.807) is 0 Å². The molecule has 0 rings (SSSR count). The Morgan fingerprint density at radius 1 is 1.50 bits per heavy atom. The van der Waals surface area contributed by atoms with Crippen LogP contribution in [0.2, 0.25) is 0 Å². The predicted molar refractivity (Wildman–Crippen MR) is 48.2 cm³/mol. The summed E-state index contributed by atoms with van der Waals surface area (Å²) in [6.07, 6.45) is 0.837. The molecule has 0 fully saturated rings. The van der Waals surface area contributed by atoms with Crippen molar-refractivity contribution in [3.8, 4) is 0 Å². The molecule has 0 bridgehead atoms. The summed E-state index contributed by atoms with van der Waals surface area (Å²) in [5.41, 5.74) is 0. The van der Waals surface area contributed by atoms with Gasteiger partial charge in [0.15, 0.2) is 0 Å². The molecule has 0 aromatic rings. The summed E-state index contributed by atoms with van der Waals surface area (Å²) in [5.74, 6) is 0. The number of nitrogens with one attached hydrogen (secondary N) is 2. The van der Waals surface area contributed by atoms with Crippen molar-refractivity contribution in [2.75, 3.05) is 13.1 Å². The Hall–Kier alpha value is 1.21. The zero-order valence-corrected chi connectivity index (χ0v) is 10.4. The second-order valence-electron chi connectivity index (χ2n) is 1.89. The third-order valence-corrected chi connectivity index (χ3v) is 2.21. The van der Waals surface area contributed by atoms with E-state index >= 15 is 0 Å². The molecule has 1 atom stereocenters. The summed E-state index contributed by atoms with van der Waals surface area (Å²) in [5, 5.41) is 4.82. The van der Waals surface area contributed by atoms with Gasteiger partial charge in [-0.2, -0.15) is 0 Å². The van der Waals surface area contributed by atoms with Crippen LogP contribution < -0.4 is 10.2 Å². The van der Waals surface area contributed by atoms with Gasteiger partial charge in [-0.3, -0.25) is 9.65 Å². The second-order valence-corrected chi connectivity index (χ2v) is 3.68. The van der Waals surface area contributed by atoms with Gasteiger partial charge in [0, 0.05) is 39.3 Å². The van der Waals surface area contributed by atoms with E-state index in [0.717, 1.165) is 6.42 Å². The molecule has 0 aromatic heterocycles. The molecular formula is C6H18N2O2PY-. The molecule has 4 nitrogen and oxygen atoms in total. The van der Waals surface area contributed by atoms with E-state index in [4.69, 9.17) is 4.89 Å². The van der Waals surface area contributed by atoms with E-state index in [-0.39, 0.29) is 46.7 Å². The molecule has 0 heterocycles. The molecule has 0 saturated carbocycles. The second kappa shape index (κ2) is 10.3. The number of rotatable bonds is 5. The van der Waals surface area contributed by atoms with Crippen LogP contribution in [-0.4, -0.2) is 18.0 Å². The Labute approximate surface area is 100 Å². The van der Waals surface area contributed by atoms with Gasteiger partial charge in [0.1, 0.15) is 0 Å². The van der Waals surface area contributed by atoms with E-state index in [2.05, 4.69) is 17.1 Å². The van der Waals surface area contributed by atoms with E-state index in [1.165, 1.54) is 0 Å². The van der Waals surface area contributed by atoms with Gasteiger partial charge >= 0.3 is 7.67 Å². The smallest absolute Gasteiger partial charge is 0.329 e. The van der Waals surface area contributed by atoms with Crippen LogP contribution in [0, 0.1) is 6.92 Å². The topological polar surface area (TPSA) is 61.4 Å². The van der Waals surface area contributed by atoms with Gasteiger partial charge < -0.3 is 11.8 Å². The van der Waals surface area contributed by atoms with Crippen molar-refractivity contribution in [3.05, 3.63) is 6.92 Å². The van der Waals surface area contributed by atoms with Gasteiger partial charge in [0.25, 0.3) is 0 Å². The van der Waals surface area contributed by atoms with Crippen molar-refractivity contribution in [2.24, 2.45) is 0 Å². The molecule has 0 aliphatic heterocycles. The van der Waals surface area contributed by atoms with Gasteiger partial charge in [0.05, 0.1) is 0 Å². The fraction of sp³-hybridized carbons (Fsp3) is 0.833. The van der Waals surface area contributed by atoms with Crippen LogP contribution in [0.4, 0.5) is 0 Å². The van der Waals surface area contributed by atoms with Crippen LogP contribution >= 0.6 is 7.67 Å². The first-order chi connectivity index (χ1) is 4.62. The molecule has 12 heavy (non-hydrogen) atoms. The molecule has 0 spiro atoms. The van der Waals surface area contributed by atoms with E-state index in [0.29, 0.717) is 6.54 Å². The molecule has 6 heteroatoms. The summed E-state index contributed by atoms with van der Waals surface area (Å²) in [6.45, 7) is 6.12. The molecule has 0 aromatic carbocycles. The maximum atomic E-state index is 10.9. The summed E-state index contributed by atoms with van der Waals surface area (Å²) in [6, 6.07) is 0. The molecule has 1 unspecified atom stereocenters. The molecule has 1 radical (unpaired) electrons. The normalized spacial score (nSPS) is 13.9. The molecule has 0 aliphatic rings. The van der Waals surface area contributed by atoms with E-state index in [9.17, 15) is 4.57 Å². The largest absolute Gasteiger partial charge is 0.335 e. The van der Waals surface area contributed by atoms with Crippen LogP contribution in [0.5, 0.6) is 0 Å². The van der Waals surface area contributed by atoms with Crippen LogP contribution in [0.25, 0.3) is 0 Å². The van der Waals surface area contributed by atoms with Gasteiger partial charge in [0.2, 0.25) is 0 Å². The van der Waals surface area contributed by atoms with E-state index < -0.39 is 7.67 Å². The molecule has 0 saturated heterocycles. The summed E-state index contributed by atoms with van der Waals surface area (Å²) >= 11 is 0. The molecule has 73 valence electrons. The van der Waals surface area contributed by atoms with Crippen molar-refractivity contribution in [3.63, 3.8) is 0 Å². The fourth-order valence-corrected chi connectivity index (χ4v) is 1.41. The van der Waals surface area contributed by atoms with Gasteiger partial charge in [-0.05, 0) is 6.42 Å². The predicted octanol–water partition coefficient (Wildman–Crippen LogP) is 1.14.